The SMILES string of the molecule is O=C(O)COc1cccc(S(=O)CCCN2N=C(C(c3ccccc3)c3ccccc3)C=CC2=C2CCC2)c1. The van der Waals surface area contributed by atoms with Crippen LogP contribution in [0, 0.1) is 0 Å². The highest BCUT2D eigenvalue weighted by Crippen LogP contribution is 2.35. The molecule has 1 saturated carbocycles. The topological polar surface area (TPSA) is 79.2 Å². The lowest BCUT2D eigenvalue weighted by molar-refractivity contribution is -0.139. The summed E-state index contributed by atoms with van der Waals surface area (Å²) in [6.45, 7) is 0.229. The number of allylic oxidation sites excluding steroid dienone is 3. The van der Waals surface area contributed by atoms with Crippen molar-refractivity contribution in [2.75, 3.05) is 18.9 Å². The standard InChI is InChI=1S/C32H32N2O4S/c35-31(36)23-38-27-16-8-17-28(22-27)39(37)21-9-20-34-30(24-14-7-15-24)19-18-29(33-34)32(25-10-3-1-4-11-25)26-12-5-2-6-13-26/h1-6,8,10-13,16-19,22,32H,7,9,14-15,20-21,23H2,(H,35,36). The van der Waals surface area contributed by atoms with Gasteiger partial charge in [-0.25, -0.2) is 4.79 Å². The Morgan fingerprint density at radius 3 is 2.26 bits per heavy atom. The van der Waals surface area contributed by atoms with E-state index in [1.165, 1.54) is 28.8 Å². The molecular formula is C32H32N2O4S. The fraction of sp³-hybridized carbons (Fsp3) is 0.250. The van der Waals surface area contributed by atoms with E-state index in [1.54, 1.807) is 24.3 Å². The van der Waals surface area contributed by atoms with Crippen LogP contribution in [0.5, 0.6) is 5.75 Å². The van der Waals surface area contributed by atoms with Gasteiger partial charge in [0.15, 0.2) is 6.61 Å². The minimum Gasteiger partial charge on any atom is -0.482 e. The lowest BCUT2D eigenvalue weighted by Gasteiger charge is -2.32. The smallest absolute Gasteiger partial charge is 0.341 e. The predicted octanol–water partition coefficient (Wildman–Crippen LogP) is 6.15. The monoisotopic (exact) mass is 540 g/mol. The molecule has 1 heterocycles. The quantitative estimate of drug-likeness (QED) is 0.316. The third-order valence-corrected chi connectivity index (χ3v) is 8.38. The van der Waals surface area contributed by atoms with Gasteiger partial charge in [0, 0.05) is 17.2 Å². The average molecular weight is 541 g/mol. The fourth-order valence-electron chi connectivity index (χ4n) is 4.85. The second-order valence-corrected chi connectivity index (χ2v) is 11.2. The number of hydrazone groups is 1. The maximum Gasteiger partial charge on any atom is 0.341 e. The molecule has 1 atom stereocenters. The molecule has 0 radical (unpaired) electrons. The van der Waals surface area contributed by atoms with Gasteiger partial charge in [-0.2, -0.15) is 5.10 Å². The highest BCUT2D eigenvalue weighted by atomic mass is 32.2. The molecule has 0 bridgehead atoms. The maximum atomic E-state index is 13.1. The Balaban J connectivity index is 1.33. The molecule has 0 aromatic heterocycles. The molecule has 2 aliphatic rings. The Bertz CT molecular complexity index is 1370. The summed E-state index contributed by atoms with van der Waals surface area (Å²) in [6, 6.07) is 27.8. The molecule has 1 N–H and O–H groups in total. The minimum absolute atomic E-state index is 0.0155. The van der Waals surface area contributed by atoms with Crippen molar-refractivity contribution in [1.29, 1.82) is 0 Å². The van der Waals surface area contributed by atoms with Crippen LogP contribution in [0.15, 0.2) is 118 Å². The lowest BCUT2D eigenvalue weighted by Crippen LogP contribution is -2.28. The Morgan fingerprint density at radius 1 is 0.949 bits per heavy atom. The molecule has 3 aromatic rings. The number of rotatable bonds is 11. The minimum atomic E-state index is -1.24. The molecule has 1 unspecified atom stereocenters. The number of benzene rings is 3. The first-order chi connectivity index (χ1) is 19.1. The van der Waals surface area contributed by atoms with Crippen molar-refractivity contribution < 1.29 is 18.8 Å². The van der Waals surface area contributed by atoms with Crippen LogP contribution in [0.25, 0.3) is 0 Å². The van der Waals surface area contributed by atoms with Crippen molar-refractivity contribution in [3.8, 4) is 5.75 Å². The molecule has 1 aliphatic heterocycles. The number of carbonyl (C=O) groups is 1. The van der Waals surface area contributed by atoms with Crippen LogP contribution in [-0.2, 0) is 15.6 Å². The van der Waals surface area contributed by atoms with Crippen LogP contribution in [-0.4, -0.2) is 44.9 Å². The van der Waals surface area contributed by atoms with E-state index in [1.807, 2.05) is 12.1 Å². The zero-order chi connectivity index (χ0) is 27.0. The Hall–Kier alpha value is -3.97. The number of aliphatic carboxylic acids is 1. The van der Waals surface area contributed by atoms with Crippen molar-refractivity contribution in [3.63, 3.8) is 0 Å². The molecule has 0 amide bonds. The molecule has 1 aliphatic carbocycles. The van der Waals surface area contributed by atoms with Crippen molar-refractivity contribution in [2.45, 2.75) is 36.5 Å². The number of nitrogens with zero attached hydrogens (tertiary/aromatic N) is 2. The van der Waals surface area contributed by atoms with Gasteiger partial charge in [0.25, 0.3) is 0 Å². The van der Waals surface area contributed by atoms with Gasteiger partial charge in [-0.3, -0.25) is 9.22 Å². The average Bonchev–Trinajstić information content (AvgIpc) is 2.93. The van der Waals surface area contributed by atoms with Gasteiger partial charge < -0.3 is 9.84 Å². The molecule has 5 rings (SSSR count). The van der Waals surface area contributed by atoms with Gasteiger partial charge in [0.05, 0.1) is 28.1 Å². The predicted molar refractivity (Wildman–Crippen MR) is 154 cm³/mol. The highest BCUT2D eigenvalue weighted by Gasteiger charge is 2.26. The van der Waals surface area contributed by atoms with Crippen LogP contribution >= 0.6 is 0 Å². The normalized spacial score (nSPS) is 15.6. The summed E-state index contributed by atoms with van der Waals surface area (Å²) in [4.78, 5) is 11.4. The molecule has 1 fully saturated rings. The zero-order valence-electron chi connectivity index (χ0n) is 21.7. The number of hydrogen-bond acceptors (Lipinski definition) is 5. The molecule has 3 aromatic carbocycles. The Labute approximate surface area is 231 Å². The second kappa shape index (κ2) is 12.7. The Morgan fingerprint density at radius 2 is 1.64 bits per heavy atom. The van der Waals surface area contributed by atoms with Crippen molar-refractivity contribution in [3.05, 3.63) is 119 Å². The highest BCUT2D eigenvalue weighted by molar-refractivity contribution is 7.85. The number of ether oxygens (including phenoxy) is 1. The van der Waals surface area contributed by atoms with E-state index in [2.05, 4.69) is 65.7 Å². The van der Waals surface area contributed by atoms with Gasteiger partial charge >= 0.3 is 5.97 Å². The zero-order valence-corrected chi connectivity index (χ0v) is 22.6. The molecular weight excluding hydrogens is 508 g/mol. The van der Waals surface area contributed by atoms with Gasteiger partial charge in [-0.1, -0.05) is 66.7 Å². The van der Waals surface area contributed by atoms with Crippen LogP contribution < -0.4 is 4.74 Å². The van der Waals surface area contributed by atoms with Crippen LogP contribution in [0.3, 0.4) is 0 Å². The van der Waals surface area contributed by atoms with Crippen molar-refractivity contribution in [1.82, 2.24) is 5.01 Å². The molecule has 0 saturated heterocycles. The van der Waals surface area contributed by atoms with Gasteiger partial charge in [0.1, 0.15) is 5.75 Å². The summed E-state index contributed by atoms with van der Waals surface area (Å²) >= 11 is 0. The van der Waals surface area contributed by atoms with Crippen LogP contribution in [0.4, 0.5) is 0 Å². The molecule has 200 valence electrons. The number of carboxylic acid groups (broad SMARTS) is 1. The van der Waals surface area contributed by atoms with Crippen molar-refractivity contribution >= 4 is 22.5 Å². The van der Waals surface area contributed by atoms with Gasteiger partial charge in [-0.15, -0.1) is 0 Å². The van der Waals surface area contributed by atoms with E-state index >= 15 is 0 Å². The van der Waals surface area contributed by atoms with E-state index in [9.17, 15) is 9.00 Å². The fourth-order valence-corrected chi connectivity index (χ4v) is 5.96. The first-order valence-electron chi connectivity index (χ1n) is 13.3. The van der Waals surface area contributed by atoms with Crippen LogP contribution in [0.1, 0.15) is 42.7 Å². The van der Waals surface area contributed by atoms with E-state index in [0.29, 0.717) is 29.4 Å². The van der Waals surface area contributed by atoms with E-state index in [0.717, 1.165) is 18.6 Å². The number of carboxylic acids is 1. The second-order valence-electron chi connectivity index (χ2n) is 9.64. The first kappa shape index (κ1) is 26.6. The Kier molecular flexibility index (Phi) is 8.68. The molecule has 6 nitrogen and oxygen atoms in total. The van der Waals surface area contributed by atoms with Crippen molar-refractivity contribution in [2.24, 2.45) is 5.10 Å². The third-order valence-electron chi connectivity index (χ3n) is 6.94. The van der Waals surface area contributed by atoms with Crippen LogP contribution in [0.2, 0.25) is 0 Å². The van der Waals surface area contributed by atoms with E-state index < -0.39 is 23.4 Å². The molecule has 39 heavy (non-hydrogen) atoms. The summed E-state index contributed by atoms with van der Waals surface area (Å²) in [5.74, 6) is -0.155. The summed E-state index contributed by atoms with van der Waals surface area (Å²) in [5.41, 5.74) is 5.96. The number of hydrogen-bond donors (Lipinski definition) is 1. The summed E-state index contributed by atoms with van der Waals surface area (Å²) in [6.07, 6.45) is 8.44. The van der Waals surface area contributed by atoms with Gasteiger partial charge in [-0.05, 0) is 72.7 Å². The maximum absolute atomic E-state index is 13.1. The lowest BCUT2D eigenvalue weighted by atomic mass is 9.85. The largest absolute Gasteiger partial charge is 0.482 e. The summed E-state index contributed by atoms with van der Waals surface area (Å²) in [7, 11) is -1.24. The first-order valence-corrected chi connectivity index (χ1v) is 14.6. The third kappa shape index (κ3) is 6.73. The summed E-state index contributed by atoms with van der Waals surface area (Å²) < 4.78 is 18.3. The molecule has 0 spiro atoms. The van der Waals surface area contributed by atoms with E-state index in [4.69, 9.17) is 14.9 Å². The van der Waals surface area contributed by atoms with Gasteiger partial charge in [0.2, 0.25) is 0 Å². The molecule has 7 heteroatoms. The summed E-state index contributed by atoms with van der Waals surface area (Å²) in [5, 5.41) is 16.1. The van der Waals surface area contributed by atoms with E-state index in [-0.39, 0.29) is 5.92 Å².